The summed E-state index contributed by atoms with van der Waals surface area (Å²) in [7, 11) is 3.17. The number of imidazole rings is 2. The summed E-state index contributed by atoms with van der Waals surface area (Å²) in [5.74, 6) is 1.28. The minimum Gasteiger partial charge on any atom is -0.496 e. The number of hydrogen-bond acceptors (Lipinski definition) is 4. The number of methoxy groups -OCH3 is 2. The molecule has 0 aliphatic carbocycles. The molecule has 2 heterocycles. The standard InChI is InChI=1S/C16H12Br2Cl4N4O2/c1-27-9-3-8(6-26-14(22)12(20)24-16(26)18)10(28-2)4-7(9)5-25-13(21)11(19)23-15(25)17/h3-4H,5-6H2,1-2H3. The number of rotatable bonds is 6. The van der Waals surface area contributed by atoms with Crippen LogP contribution in [0.5, 0.6) is 11.5 Å². The summed E-state index contributed by atoms with van der Waals surface area (Å²) in [6.45, 7) is 0.751. The molecular weight excluding hydrogens is 582 g/mol. The Hall–Kier alpha value is -0.640. The van der Waals surface area contributed by atoms with Crippen LogP contribution in [0.15, 0.2) is 21.6 Å². The number of nitrogens with zero attached hydrogens (tertiary/aromatic N) is 4. The van der Waals surface area contributed by atoms with Crippen LogP contribution in [-0.4, -0.2) is 33.3 Å². The first-order valence-corrected chi connectivity index (χ1v) is 10.7. The second-order valence-corrected chi connectivity index (χ2v) is 8.42. The topological polar surface area (TPSA) is 54.1 Å². The minimum absolute atomic E-state index is 0.215. The third-order valence-corrected chi connectivity index (χ3v) is 6.68. The van der Waals surface area contributed by atoms with Crippen molar-refractivity contribution in [3.8, 4) is 11.5 Å². The van der Waals surface area contributed by atoms with Gasteiger partial charge in [-0.15, -0.1) is 0 Å². The quantitative estimate of drug-likeness (QED) is 0.335. The van der Waals surface area contributed by atoms with Crippen LogP contribution in [0, 0.1) is 0 Å². The summed E-state index contributed by atoms with van der Waals surface area (Å²) in [6, 6.07) is 3.73. The molecule has 0 bridgehead atoms. The fraction of sp³-hybridized carbons (Fsp3) is 0.250. The van der Waals surface area contributed by atoms with E-state index >= 15 is 0 Å². The van der Waals surface area contributed by atoms with Crippen molar-refractivity contribution in [2.45, 2.75) is 13.1 Å². The maximum Gasteiger partial charge on any atom is 0.180 e. The maximum absolute atomic E-state index is 6.23. The summed E-state index contributed by atoms with van der Waals surface area (Å²) in [4.78, 5) is 8.20. The molecule has 3 rings (SSSR count). The van der Waals surface area contributed by atoms with Gasteiger partial charge in [0.25, 0.3) is 0 Å². The Kier molecular flexibility index (Phi) is 7.10. The second kappa shape index (κ2) is 9.02. The van der Waals surface area contributed by atoms with Gasteiger partial charge in [0.15, 0.2) is 19.8 Å². The van der Waals surface area contributed by atoms with Crippen molar-refractivity contribution < 1.29 is 9.47 Å². The lowest BCUT2D eigenvalue weighted by Crippen LogP contribution is -2.07. The van der Waals surface area contributed by atoms with Crippen molar-refractivity contribution >= 4 is 78.3 Å². The van der Waals surface area contributed by atoms with Crippen LogP contribution in [0.2, 0.25) is 20.6 Å². The third kappa shape index (κ3) is 4.27. The monoisotopic (exact) mass is 590 g/mol. The zero-order valence-electron chi connectivity index (χ0n) is 14.4. The van der Waals surface area contributed by atoms with Crippen LogP contribution in [0.25, 0.3) is 0 Å². The van der Waals surface area contributed by atoms with E-state index in [1.54, 1.807) is 23.4 Å². The molecule has 0 aliphatic heterocycles. The van der Waals surface area contributed by atoms with E-state index in [1.807, 2.05) is 12.1 Å². The molecule has 0 amide bonds. The lowest BCUT2D eigenvalue weighted by molar-refractivity contribution is 0.392. The Morgan fingerprint density at radius 3 is 1.39 bits per heavy atom. The summed E-state index contributed by atoms with van der Waals surface area (Å²) >= 11 is 31.2. The molecule has 3 aromatic rings. The Balaban J connectivity index is 2.02. The summed E-state index contributed by atoms with van der Waals surface area (Å²) < 4.78 is 15.6. The van der Waals surface area contributed by atoms with Crippen molar-refractivity contribution in [1.82, 2.24) is 19.1 Å². The van der Waals surface area contributed by atoms with E-state index in [0.29, 0.717) is 44.4 Å². The molecule has 0 fully saturated rings. The average molecular weight is 594 g/mol. The van der Waals surface area contributed by atoms with E-state index in [4.69, 9.17) is 55.9 Å². The van der Waals surface area contributed by atoms with E-state index in [0.717, 1.165) is 11.1 Å². The molecular formula is C16H12Br2Cl4N4O2. The molecule has 12 heteroatoms. The highest BCUT2D eigenvalue weighted by Gasteiger charge is 2.19. The van der Waals surface area contributed by atoms with Crippen molar-refractivity contribution in [3.05, 3.63) is 53.3 Å². The third-order valence-electron chi connectivity index (χ3n) is 3.98. The van der Waals surface area contributed by atoms with E-state index in [1.165, 1.54) is 0 Å². The zero-order chi connectivity index (χ0) is 20.6. The highest BCUT2D eigenvalue weighted by molar-refractivity contribution is 9.10. The van der Waals surface area contributed by atoms with Crippen LogP contribution in [0.4, 0.5) is 0 Å². The van der Waals surface area contributed by atoms with Gasteiger partial charge in [-0.1, -0.05) is 46.4 Å². The molecule has 0 spiro atoms. The van der Waals surface area contributed by atoms with E-state index in [-0.39, 0.29) is 10.3 Å². The fourth-order valence-corrected chi connectivity index (χ4v) is 4.74. The Morgan fingerprint density at radius 1 is 0.786 bits per heavy atom. The largest absolute Gasteiger partial charge is 0.496 e. The molecule has 2 aromatic heterocycles. The first-order valence-electron chi connectivity index (χ1n) is 7.64. The van der Waals surface area contributed by atoms with Gasteiger partial charge in [0.1, 0.15) is 21.8 Å². The van der Waals surface area contributed by atoms with Gasteiger partial charge in [-0.2, -0.15) is 0 Å². The van der Waals surface area contributed by atoms with Crippen LogP contribution in [0.3, 0.4) is 0 Å². The van der Waals surface area contributed by atoms with Gasteiger partial charge in [-0.05, 0) is 44.0 Å². The Labute approximate surface area is 197 Å². The van der Waals surface area contributed by atoms with Gasteiger partial charge in [-0.3, -0.25) is 0 Å². The summed E-state index contributed by atoms with van der Waals surface area (Å²) in [5.41, 5.74) is 1.65. The predicted molar refractivity (Wildman–Crippen MR) is 118 cm³/mol. The van der Waals surface area contributed by atoms with Gasteiger partial charge in [-0.25, -0.2) is 9.97 Å². The van der Waals surface area contributed by atoms with Gasteiger partial charge < -0.3 is 18.6 Å². The van der Waals surface area contributed by atoms with E-state index in [2.05, 4.69) is 41.8 Å². The SMILES string of the molecule is COc1cc(Cn2c(Br)nc(Cl)c2Cl)c(OC)cc1Cn1c(Br)nc(Cl)c1Cl. The minimum atomic E-state index is 0.215. The smallest absolute Gasteiger partial charge is 0.180 e. The van der Waals surface area contributed by atoms with E-state index in [9.17, 15) is 0 Å². The molecule has 0 aliphatic rings. The van der Waals surface area contributed by atoms with Crippen LogP contribution >= 0.6 is 78.3 Å². The van der Waals surface area contributed by atoms with Crippen molar-refractivity contribution in [3.63, 3.8) is 0 Å². The van der Waals surface area contributed by atoms with Crippen molar-refractivity contribution in [1.29, 1.82) is 0 Å². The maximum atomic E-state index is 6.23. The molecule has 150 valence electrons. The molecule has 1 aromatic carbocycles. The lowest BCUT2D eigenvalue weighted by Gasteiger charge is -2.17. The fourth-order valence-electron chi connectivity index (χ4n) is 2.64. The highest BCUT2D eigenvalue weighted by Crippen LogP contribution is 2.35. The molecule has 0 atom stereocenters. The first-order chi connectivity index (χ1) is 13.3. The number of hydrogen-bond donors (Lipinski definition) is 0. The zero-order valence-corrected chi connectivity index (χ0v) is 20.6. The summed E-state index contributed by atoms with van der Waals surface area (Å²) in [6.07, 6.45) is 0. The Bertz CT molecular complexity index is 957. The molecule has 6 nitrogen and oxygen atoms in total. The van der Waals surface area contributed by atoms with Gasteiger partial charge in [0.05, 0.1) is 27.3 Å². The van der Waals surface area contributed by atoms with Crippen molar-refractivity contribution in [2.75, 3.05) is 14.2 Å². The molecule has 0 unspecified atom stereocenters. The van der Waals surface area contributed by atoms with Gasteiger partial charge in [0.2, 0.25) is 0 Å². The number of ether oxygens (including phenoxy) is 2. The van der Waals surface area contributed by atoms with E-state index < -0.39 is 0 Å². The van der Waals surface area contributed by atoms with Crippen LogP contribution in [-0.2, 0) is 13.1 Å². The number of benzene rings is 1. The molecule has 0 radical (unpaired) electrons. The Morgan fingerprint density at radius 2 is 1.14 bits per heavy atom. The normalized spacial score (nSPS) is 11.1. The number of halogens is 6. The first kappa shape index (κ1) is 22.1. The molecule has 0 saturated heterocycles. The second-order valence-electron chi connectivity index (χ2n) is 5.57. The molecule has 28 heavy (non-hydrogen) atoms. The van der Waals surface area contributed by atoms with Crippen LogP contribution in [0.1, 0.15) is 11.1 Å². The average Bonchev–Trinajstić information content (AvgIpc) is 3.05. The highest BCUT2D eigenvalue weighted by atomic mass is 79.9. The van der Waals surface area contributed by atoms with Gasteiger partial charge in [0, 0.05) is 11.1 Å². The van der Waals surface area contributed by atoms with Gasteiger partial charge >= 0.3 is 0 Å². The summed E-state index contributed by atoms with van der Waals surface area (Å²) in [5, 5.41) is 1.07. The number of aromatic nitrogens is 4. The predicted octanol–water partition coefficient (Wildman–Crippen LogP) is 6.33. The van der Waals surface area contributed by atoms with Crippen LogP contribution < -0.4 is 9.47 Å². The van der Waals surface area contributed by atoms with Crippen molar-refractivity contribution in [2.24, 2.45) is 0 Å². The molecule has 0 N–H and O–H groups in total. The molecule has 0 saturated carbocycles. The lowest BCUT2D eigenvalue weighted by atomic mass is 10.1.